The van der Waals surface area contributed by atoms with Gasteiger partial charge in [-0.05, 0) is 43.7 Å². The van der Waals surface area contributed by atoms with Crippen LogP contribution in [0.5, 0.6) is 17.5 Å². The molecule has 2 aromatic heterocycles. The number of hydrogen-bond donors (Lipinski definition) is 1. The van der Waals surface area contributed by atoms with E-state index in [4.69, 9.17) is 4.74 Å². The second-order valence-electron chi connectivity index (χ2n) is 8.66. The maximum absolute atomic E-state index is 12.5. The second kappa shape index (κ2) is 8.65. The monoisotopic (exact) mass is 475 g/mol. The van der Waals surface area contributed by atoms with Gasteiger partial charge >= 0.3 is 12.4 Å². The first kappa shape index (κ1) is 22.2. The van der Waals surface area contributed by atoms with E-state index in [9.17, 15) is 13.2 Å². The molecule has 1 aliphatic heterocycles. The molecule has 9 nitrogen and oxygen atoms in total. The number of aromatic nitrogens is 5. The molecule has 0 spiro atoms. The Hall–Kier alpha value is -3.57. The molecule has 34 heavy (non-hydrogen) atoms. The standard InChI is InChI=1S/C22H24F3N7O2/c1-13-8-18(27-12-26-13)32-10-14-6-7-15(11-32)19(14)28-20-29-21(31(2)30-20)33-16-4-3-5-17(9-16)34-22(23,24)25/h3-5,8-9,12,14-15,19H,6-7,10-11H2,1-2H3,(H,28,30)/t14-,15+,19+. The number of ether oxygens (including phenoxy) is 2. The number of alkyl halides is 3. The average Bonchev–Trinajstić information content (AvgIpc) is 3.20. The Morgan fingerprint density at radius 2 is 1.79 bits per heavy atom. The zero-order chi connectivity index (χ0) is 23.9. The van der Waals surface area contributed by atoms with Crippen LogP contribution in [0.3, 0.4) is 0 Å². The van der Waals surface area contributed by atoms with Gasteiger partial charge in [0.2, 0.25) is 5.95 Å². The van der Waals surface area contributed by atoms with Gasteiger partial charge in [-0.1, -0.05) is 6.07 Å². The number of nitrogens with zero attached hydrogens (tertiary/aromatic N) is 6. The molecule has 2 aliphatic rings. The van der Waals surface area contributed by atoms with Crippen molar-refractivity contribution in [3.05, 3.63) is 42.4 Å². The predicted octanol–water partition coefficient (Wildman–Crippen LogP) is 3.93. The fraction of sp³-hybridized carbons (Fsp3) is 0.455. The third-order valence-electron chi connectivity index (χ3n) is 6.21. The summed E-state index contributed by atoms with van der Waals surface area (Å²) in [6.45, 7) is 3.72. The predicted molar refractivity (Wildman–Crippen MR) is 117 cm³/mol. The van der Waals surface area contributed by atoms with Gasteiger partial charge in [0.05, 0.1) is 0 Å². The lowest BCUT2D eigenvalue weighted by Crippen LogP contribution is -2.48. The molecule has 1 saturated carbocycles. The summed E-state index contributed by atoms with van der Waals surface area (Å²) in [5.41, 5.74) is 0.943. The molecule has 3 atom stereocenters. The maximum Gasteiger partial charge on any atom is 0.573 e. The number of halogens is 3. The highest BCUT2D eigenvalue weighted by molar-refractivity contribution is 5.42. The molecule has 2 bridgehead atoms. The van der Waals surface area contributed by atoms with Crippen molar-refractivity contribution in [2.24, 2.45) is 18.9 Å². The van der Waals surface area contributed by atoms with Crippen LogP contribution in [-0.2, 0) is 7.05 Å². The van der Waals surface area contributed by atoms with Gasteiger partial charge in [0.25, 0.3) is 0 Å². The van der Waals surface area contributed by atoms with Gasteiger partial charge in [0, 0.05) is 44.0 Å². The molecule has 1 aromatic carbocycles. The molecule has 0 unspecified atom stereocenters. The van der Waals surface area contributed by atoms with Gasteiger partial charge in [0.1, 0.15) is 23.6 Å². The second-order valence-corrected chi connectivity index (χ2v) is 8.66. The van der Waals surface area contributed by atoms with Crippen molar-refractivity contribution >= 4 is 11.8 Å². The highest BCUT2D eigenvalue weighted by atomic mass is 19.4. The van der Waals surface area contributed by atoms with E-state index in [1.165, 1.54) is 22.9 Å². The molecule has 1 N–H and O–H groups in total. The first-order valence-corrected chi connectivity index (χ1v) is 11.0. The van der Waals surface area contributed by atoms with Crippen LogP contribution in [0, 0.1) is 18.8 Å². The molecule has 3 heterocycles. The van der Waals surface area contributed by atoms with Crippen LogP contribution in [0.4, 0.5) is 24.9 Å². The Bertz CT molecular complexity index is 1160. The van der Waals surface area contributed by atoms with Crippen LogP contribution < -0.4 is 19.7 Å². The quantitative estimate of drug-likeness (QED) is 0.574. The summed E-state index contributed by atoms with van der Waals surface area (Å²) in [7, 11) is 1.66. The number of nitrogens with one attached hydrogen (secondary N) is 1. The topological polar surface area (TPSA) is 90.2 Å². The van der Waals surface area contributed by atoms with Gasteiger partial charge < -0.3 is 19.7 Å². The van der Waals surface area contributed by atoms with E-state index in [2.05, 4.69) is 35.0 Å². The third kappa shape index (κ3) is 4.85. The Balaban J connectivity index is 1.25. The van der Waals surface area contributed by atoms with Gasteiger partial charge in [0.15, 0.2) is 0 Å². The summed E-state index contributed by atoms with van der Waals surface area (Å²) in [5.74, 6) is 2.00. The first-order valence-electron chi connectivity index (χ1n) is 11.0. The molecule has 12 heteroatoms. The minimum absolute atomic E-state index is 0.160. The van der Waals surface area contributed by atoms with Crippen molar-refractivity contribution in [2.45, 2.75) is 32.2 Å². The Morgan fingerprint density at radius 3 is 2.50 bits per heavy atom. The van der Waals surface area contributed by atoms with E-state index in [1.807, 2.05) is 13.0 Å². The van der Waals surface area contributed by atoms with E-state index >= 15 is 0 Å². The van der Waals surface area contributed by atoms with Crippen LogP contribution in [0.2, 0.25) is 0 Å². The SMILES string of the molecule is Cc1cc(N2C[C@H]3CC[C@@H](C2)[C@H]3Nc2nc(Oc3cccc(OC(F)(F)F)c3)n(C)n2)ncn1. The summed E-state index contributed by atoms with van der Waals surface area (Å²) in [6, 6.07) is 7.68. The molecule has 1 saturated heterocycles. The highest BCUT2D eigenvalue weighted by Gasteiger charge is 2.43. The lowest BCUT2D eigenvalue weighted by Gasteiger charge is -2.38. The van der Waals surface area contributed by atoms with Crippen LogP contribution in [0.25, 0.3) is 0 Å². The van der Waals surface area contributed by atoms with E-state index in [0.717, 1.165) is 43.5 Å². The molecular weight excluding hydrogens is 451 g/mol. The van der Waals surface area contributed by atoms with E-state index < -0.39 is 6.36 Å². The average molecular weight is 475 g/mol. The molecule has 0 amide bonds. The Morgan fingerprint density at radius 1 is 1.06 bits per heavy atom. The number of benzene rings is 1. The van der Waals surface area contributed by atoms with Crippen molar-refractivity contribution in [1.82, 2.24) is 24.7 Å². The largest absolute Gasteiger partial charge is 0.573 e. The van der Waals surface area contributed by atoms with Crippen molar-refractivity contribution in [2.75, 3.05) is 23.3 Å². The van der Waals surface area contributed by atoms with E-state index in [0.29, 0.717) is 17.8 Å². The van der Waals surface area contributed by atoms with Crippen LogP contribution in [-0.4, -0.2) is 50.2 Å². The van der Waals surface area contributed by atoms with Gasteiger partial charge in [-0.2, -0.15) is 4.98 Å². The molecular formula is C22H24F3N7O2. The zero-order valence-electron chi connectivity index (χ0n) is 18.7. The maximum atomic E-state index is 12.5. The lowest BCUT2D eigenvalue weighted by molar-refractivity contribution is -0.274. The van der Waals surface area contributed by atoms with Crippen molar-refractivity contribution in [3.63, 3.8) is 0 Å². The molecule has 1 aliphatic carbocycles. The van der Waals surface area contributed by atoms with Crippen molar-refractivity contribution in [3.8, 4) is 17.5 Å². The number of fused-ring (bicyclic) bond motifs is 2. The summed E-state index contributed by atoms with van der Waals surface area (Å²) < 4.78 is 48.5. The zero-order valence-corrected chi connectivity index (χ0v) is 18.7. The normalized spacial score (nSPS) is 22.0. The fourth-order valence-corrected chi connectivity index (χ4v) is 4.77. The number of anilines is 2. The van der Waals surface area contributed by atoms with Crippen molar-refractivity contribution < 1.29 is 22.6 Å². The van der Waals surface area contributed by atoms with Gasteiger partial charge in [-0.25, -0.2) is 14.6 Å². The van der Waals surface area contributed by atoms with E-state index in [1.54, 1.807) is 13.4 Å². The number of hydrogen-bond acceptors (Lipinski definition) is 8. The first-order chi connectivity index (χ1) is 16.2. The van der Waals surface area contributed by atoms with E-state index in [-0.39, 0.29) is 23.6 Å². The fourth-order valence-electron chi connectivity index (χ4n) is 4.77. The Labute approximate surface area is 193 Å². The third-order valence-corrected chi connectivity index (χ3v) is 6.21. The number of piperidine rings is 1. The number of rotatable bonds is 6. The molecule has 5 rings (SSSR count). The molecule has 0 radical (unpaired) electrons. The summed E-state index contributed by atoms with van der Waals surface area (Å²) in [4.78, 5) is 15.3. The minimum atomic E-state index is -4.78. The van der Waals surface area contributed by atoms with Gasteiger partial charge in [-0.3, -0.25) is 0 Å². The molecule has 2 fully saturated rings. The summed E-state index contributed by atoms with van der Waals surface area (Å²) in [5, 5.41) is 7.85. The van der Waals surface area contributed by atoms with Gasteiger partial charge in [-0.15, -0.1) is 18.3 Å². The smallest absolute Gasteiger partial charge is 0.424 e. The summed E-state index contributed by atoms with van der Waals surface area (Å²) in [6.07, 6.45) is -0.973. The van der Waals surface area contributed by atoms with Crippen LogP contribution >= 0.6 is 0 Å². The lowest BCUT2D eigenvalue weighted by atomic mass is 9.92. The summed E-state index contributed by atoms with van der Waals surface area (Å²) >= 11 is 0. The van der Waals surface area contributed by atoms with Crippen LogP contribution in [0.1, 0.15) is 18.5 Å². The van der Waals surface area contributed by atoms with Crippen LogP contribution in [0.15, 0.2) is 36.7 Å². The number of aryl methyl sites for hydroxylation is 2. The molecule has 180 valence electrons. The molecule has 3 aromatic rings. The minimum Gasteiger partial charge on any atom is -0.424 e. The highest BCUT2D eigenvalue weighted by Crippen LogP contribution is 2.40. The Kier molecular flexibility index (Phi) is 5.66. The van der Waals surface area contributed by atoms with Crippen molar-refractivity contribution in [1.29, 1.82) is 0 Å².